The molecule has 2 aliphatic rings. The first-order valence-electron chi connectivity index (χ1n) is 13.1. The molecule has 2 aliphatic heterocycles. The first kappa shape index (κ1) is 22.3. The molecule has 0 radical (unpaired) electrons. The number of hydrogen-bond donors (Lipinski definition) is 0. The molecule has 0 bridgehead atoms. The Morgan fingerprint density at radius 3 is 1.64 bits per heavy atom. The number of benzene rings is 5. The van der Waals surface area contributed by atoms with Crippen LogP contribution in [0, 0.1) is 0 Å². The van der Waals surface area contributed by atoms with Crippen molar-refractivity contribution in [3.63, 3.8) is 0 Å². The van der Waals surface area contributed by atoms with Crippen LogP contribution >= 0.6 is 7.29 Å². The van der Waals surface area contributed by atoms with E-state index in [-0.39, 0.29) is 0 Å². The van der Waals surface area contributed by atoms with Gasteiger partial charge in [0.1, 0.15) is 0 Å². The van der Waals surface area contributed by atoms with Crippen molar-refractivity contribution < 1.29 is 4.57 Å². The zero-order valence-electron chi connectivity index (χ0n) is 21.0. The molecule has 0 N–H and O–H groups in total. The maximum Gasteiger partial charge on any atom is 0.235 e. The van der Waals surface area contributed by atoms with Crippen molar-refractivity contribution in [3.8, 4) is 44.5 Å². The Morgan fingerprint density at radius 1 is 0.462 bits per heavy atom. The van der Waals surface area contributed by atoms with Crippen LogP contribution in [0.15, 0.2) is 140 Å². The number of rotatable bonds is 2. The van der Waals surface area contributed by atoms with Gasteiger partial charge in [-0.05, 0) is 75.8 Å². The maximum absolute atomic E-state index is 15.4. The first-order valence-corrected chi connectivity index (χ1v) is 14.7. The van der Waals surface area contributed by atoms with Gasteiger partial charge < -0.3 is 0 Å². The van der Waals surface area contributed by atoms with E-state index < -0.39 is 7.29 Å². The van der Waals surface area contributed by atoms with Crippen molar-refractivity contribution in [2.24, 2.45) is 0 Å². The molecule has 5 aromatic carbocycles. The molecule has 0 saturated carbocycles. The highest BCUT2D eigenvalue weighted by molar-refractivity contribution is 7.81. The van der Waals surface area contributed by atoms with Crippen molar-refractivity contribution in [2.75, 3.05) is 4.67 Å². The molecule has 0 spiro atoms. The molecule has 0 fully saturated rings. The topological polar surface area (TPSA) is 33.2 Å². The quantitative estimate of drug-likeness (QED) is 0.216. The van der Waals surface area contributed by atoms with E-state index in [4.69, 9.17) is 0 Å². The number of para-hydroxylation sites is 1. The van der Waals surface area contributed by atoms with Crippen molar-refractivity contribution in [1.29, 1.82) is 0 Å². The number of aromatic nitrogens is 1. The van der Waals surface area contributed by atoms with Gasteiger partial charge in [-0.1, -0.05) is 84.9 Å². The van der Waals surface area contributed by atoms with Gasteiger partial charge in [-0.2, -0.15) is 0 Å². The molecule has 1 aromatic heterocycles. The SMILES string of the molecule is O=P12c3ccccc3-c3ccccc3N1c1ccc(-c3ccc(-c4ccncc4)cc3)cc1-c1ccccc12. The third-order valence-electron chi connectivity index (χ3n) is 7.91. The summed E-state index contributed by atoms with van der Waals surface area (Å²) in [5.41, 5.74) is 10.9. The van der Waals surface area contributed by atoms with Gasteiger partial charge in [0.15, 0.2) is 0 Å². The lowest BCUT2D eigenvalue weighted by atomic mass is 9.95. The Morgan fingerprint density at radius 2 is 0.949 bits per heavy atom. The van der Waals surface area contributed by atoms with Crippen LogP contribution in [0.5, 0.6) is 0 Å². The van der Waals surface area contributed by atoms with E-state index in [0.29, 0.717) is 0 Å². The number of anilines is 2. The normalized spacial score (nSPS) is 16.4. The highest BCUT2D eigenvalue weighted by Gasteiger charge is 2.47. The molecule has 8 rings (SSSR count). The Balaban J connectivity index is 1.34. The largest absolute Gasteiger partial charge is 0.289 e. The second kappa shape index (κ2) is 8.39. The first-order chi connectivity index (χ1) is 19.2. The van der Waals surface area contributed by atoms with E-state index in [9.17, 15) is 0 Å². The average Bonchev–Trinajstić information content (AvgIpc) is 3.02. The van der Waals surface area contributed by atoms with E-state index in [1.165, 1.54) is 0 Å². The summed E-state index contributed by atoms with van der Waals surface area (Å²) in [5.74, 6) is 0. The number of hydrogen-bond acceptors (Lipinski definition) is 2. The van der Waals surface area contributed by atoms with Crippen LogP contribution in [0.2, 0.25) is 0 Å². The second-order valence-corrected chi connectivity index (χ2v) is 12.5. The maximum atomic E-state index is 15.4. The lowest BCUT2D eigenvalue weighted by Gasteiger charge is -2.44. The number of fused-ring (bicyclic) bond motifs is 11. The Kier molecular flexibility index (Phi) is 4.79. The summed E-state index contributed by atoms with van der Waals surface area (Å²) in [6.45, 7) is 0. The van der Waals surface area contributed by atoms with Gasteiger partial charge in [-0.25, -0.2) is 0 Å². The summed E-state index contributed by atoms with van der Waals surface area (Å²) in [4.78, 5) is 4.13. The fourth-order valence-corrected chi connectivity index (χ4v) is 9.38. The van der Waals surface area contributed by atoms with E-state index >= 15 is 4.57 Å². The van der Waals surface area contributed by atoms with Crippen LogP contribution < -0.4 is 15.3 Å². The van der Waals surface area contributed by atoms with E-state index in [1.807, 2.05) is 67.0 Å². The molecular weight excluding hydrogens is 495 g/mol. The van der Waals surface area contributed by atoms with Crippen LogP contribution in [0.1, 0.15) is 0 Å². The zero-order valence-corrected chi connectivity index (χ0v) is 21.9. The summed E-state index contributed by atoms with van der Waals surface area (Å²) >= 11 is 0. The zero-order chi connectivity index (χ0) is 26.0. The highest BCUT2D eigenvalue weighted by atomic mass is 31.2. The molecule has 1 atom stereocenters. The summed E-state index contributed by atoms with van der Waals surface area (Å²) < 4.78 is 17.6. The molecular formula is C35H23N2OP. The van der Waals surface area contributed by atoms with Gasteiger partial charge in [0, 0.05) is 34.1 Å². The molecule has 1 unspecified atom stereocenters. The third-order valence-corrected chi connectivity index (χ3v) is 11.0. The molecule has 6 aromatic rings. The van der Waals surface area contributed by atoms with Crippen LogP contribution in [0.4, 0.5) is 11.4 Å². The van der Waals surface area contributed by atoms with Crippen LogP contribution in [0.25, 0.3) is 44.5 Å². The summed E-state index contributed by atoms with van der Waals surface area (Å²) in [6.07, 6.45) is 3.64. The van der Waals surface area contributed by atoms with E-state index in [2.05, 4.69) is 82.5 Å². The lowest BCUT2D eigenvalue weighted by Crippen LogP contribution is -2.37. The minimum absolute atomic E-state index is 0.893. The van der Waals surface area contributed by atoms with Crippen molar-refractivity contribution >= 4 is 29.3 Å². The smallest absolute Gasteiger partial charge is 0.235 e. The van der Waals surface area contributed by atoms with Crippen LogP contribution in [-0.4, -0.2) is 4.98 Å². The van der Waals surface area contributed by atoms with Gasteiger partial charge in [0.05, 0.1) is 11.4 Å². The summed E-state index contributed by atoms with van der Waals surface area (Å²) in [7, 11) is -3.16. The molecule has 0 saturated heterocycles. The predicted molar refractivity (Wildman–Crippen MR) is 161 cm³/mol. The monoisotopic (exact) mass is 518 g/mol. The fourth-order valence-electron chi connectivity index (χ4n) is 6.11. The number of pyridine rings is 1. The van der Waals surface area contributed by atoms with E-state index in [0.717, 1.165) is 66.5 Å². The van der Waals surface area contributed by atoms with Gasteiger partial charge in [0.2, 0.25) is 7.29 Å². The van der Waals surface area contributed by atoms with Gasteiger partial charge in [-0.3, -0.25) is 14.2 Å². The highest BCUT2D eigenvalue weighted by Crippen LogP contribution is 2.65. The van der Waals surface area contributed by atoms with Crippen molar-refractivity contribution in [1.82, 2.24) is 4.98 Å². The summed E-state index contributed by atoms with van der Waals surface area (Å²) in [6, 6.07) is 44.0. The Bertz CT molecular complexity index is 1950. The third kappa shape index (κ3) is 3.17. The summed E-state index contributed by atoms with van der Waals surface area (Å²) in [5, 5.41) is 1.79. The Hall–Kier alpha value is -4.72. The molecule has 3 nitrogen and oxygen atoms in total. The van der Waals surface area contributed by atoms with Gasteiger partial charge in [0.25, 0.3) is 0 Å². The average molecular weight is 519 g/mol. The van der Waals surface area contributed by atoms with Crippen LogP contribution in [-0.2, 0) is 4.57 Å². The fraction of sp³-hybridized carbons (Fsp3) is 0. The van der Waals surface area contributed by atoms with Gasteiger partial charge >= 0.3 is 0 Å². The lowest BCUT2D eigenvalue weighted by molar-refractivity contribution is 0.586. The molecule has 0 amide bonds. The molecule has 39 heavy (non-hydrogen) atoms. The van der Waals surface area contributed by atoms with E-state index in [1.54, 1.807) is 0 Å². The molecule has 3 heterocycles. The van der Waals surface area contributed by atoms with Crippen LogP contribution in [0.3, 0.4) is 0 Å². The predicted octanol–water partition coefficient (Wildman–Crippen LogP) is 8.44. The molecule has 4 heteroatoms. The van der Waals surface area contributed by atoms with Crippen molar-refractivity contribution in [3.05, 3.63) is 140 Å². The molecule has 184 valence electrons. The van der Waals surface area contributed by atoms with Gasteiger partial charge in [-0.15, -0.1) is 0 Å². The molecule has 0 aliphatic carbocycles. The minimum Gasteiger partial charge on any atom is -0.289 e. The number of nitrogens with zero attached hydrogens (tertiary/aromatic N) is 2. The minimum atomic E-state index is -3.16. The standard InChI is InChI=1S/C35H23N2OP/c38-39-34-11-5-2-8-29(34)28-7-1-4-10-32(28)37(39)33-18-17-27(23-31(33)30-9-3-6-12-35(30)39)25-15-13-24(14-16-25)26-19-21-36-22-20-26/h1-23H. The Labute approximate surface area is 227 Å². The van der Waals surface area contributed by atoms with Crippen molar-refractivity contribution in [2.45, 2.75) is 0 Å². The second-order valence-electron chi connectivity index (χ2n) is 9.98.